The predicted molar refractivity (Wildman–Crippen MR) is 113 cm³/mol. The second-order valence-corrected chi connectivity index (χ2v) is 7.15. The molecule has 27 heavy (non-hydrogen) atoms. The monoisotopic (exact) mass is 374 g/mol. The van der Waals surface area contributed by atoms with Crippen LogP contribution in [0.15, 0.2) is 36.1 Å². The molecule has 0 amide bonds. The molecule has 3 heteroatoms. The van der Waals surface area contributed by atoms with Crippen LogP contribution < -0.4 is 0 Å². The van der Waals surface area contributed by atoms with Crippen molar-refractivity contribution in [2.45, 2.75) is 84.0 Å². The molecule has 0 heterocycles. The molecular formula is C24H38O3. The summed E-state index contributed by atoms with van der Waals surface area (Å²) >= 11 is 0. The highest BCUT2D eigenvalue weighted by Crippen LogP contribution is 2.13. The zero-order chi connectivity index (χ0) is 19.6. The molecule has 1 rings (SSSR count). The van der Waals surface area contributed by atoms with E-state index in [2.05, 4.69) is 6.92 Å². The van der Waals surface area contributed by atoms with Gasteiger partial charge in [-0.05, 0) is 18.1 Å². The van der Waals surface area contributed by atoms with Gasteiger partial charge in [-0.25, -0.2) is 4.79 Å². The number of hydrogen-bond acceptors (Lipinski definition) is 3. The van der Waals surface area contributed by atoms with Crippen molar-refractivity contribution in [3.05, 3.63) is 41.7 Å². The van der Waals surface area contributed by atoms with Crippen molar-refractivity contribution in [3.8, 4) is 0 Å². The first kappa shape index (κ1) is 23.3. The second kappa shape index (κ2) is 16.4. The Morgan fingerprint density at radius 2 is 1.33 bits per heavy atom. The number of benzene rings is 1. The van der Waals surface area contributed by atoms with Crippen molar-refractivity contribution in [1.29, 1.82) is 0 Å². The Morgan fingerprint density at radius 1 is 0.815 bits per heavy atom. The highest BCUT2D eigenvalue weighted by Gasteiger charge is 2.11. The van der Waals surface area contributed by atoms with Crippen LogP contribution in [0.5, 0.6) is 0 Å². The van der Waals surface area contributed by atoms with E-state index in [0.717, 1.165) is 18.4 Å². The molecule has 0 atom stereocenters. The molecule has 0 radical (unpaired) electrons. The van der Waals surface area contributed by atoms with Gasteiger partial charge in [-0.2, -0.15) is 0 Å². The van der Waals surface area contributed by atoms with Gasteiger partial charge in [0.1, 0.15) is 0 Å². The highest BCUT2D eigenvalue weighted by atomic mass is 16.6. The Morgan fingerprint density at radius 3 is 1.85 bits per heavy atom. The predicted octanol–water partition coefficient (Wildman–Crippen LogP) is 6.92. The van der Waals surface area contributed by atoms with Crippen LogP contribution in [-0.4, -0.2) is 19.7 Å². The van der Waals surface area contributed by atoms with E-state index in [1.54, 1.807) is 6.08 Å². The van der Waals surface area contributed by atoms with E-state index >= 15 is 0 Å². The minimum Gasteiger partial charge on any atom is -0.490 e. The van der Waals surface area contributed by atoms with Gasteiger partial charge in [0, 0.05) is 0 Å². The molecule has 0 spiro atoms. The number of carbonyl (C=O) groups excluding carboxylic acids is 1. The fraction of sp³-hybridized carbons (Fsp3) is 0.625. The third kappa shape index (κ3) is 12.3. The Balaban J connectivity index is 2.01. The fourth-order valence-corrected chi connectivity index (χ4v) is 3.08. The quantitative estimate of drug-likeness (QED) is 0.136. The van der Waals surface area contributed by atoms with E-state index < -0.39 is 0 Å². The van der Waals surface area contributed by atoms with Gasteiger partial charge in [0.15, 0.2) is 0 Å². The molecule has 0 aliphatic carbocycles. The van der Waals surface area contributed by atoms with Crippen molar-refractivity contribution in [1.82, 2.24) is 0 Å². The van der Waals surface area contributed by atoms with E-state index in [1.165, 1.54) is 71.3 Å². The van der Waals surface area contributed by atoms with Crippen LogP contribution in [0.2, 0.25) is 0 Å². The maximum absolute atomic E-state index is 12.1. The average molecular weight is 375 g/mol. The Hall–Kier alpha value is -1.77. The number of methoxy groups -OCH3 is 1. The molecular weight excluding hydrogens is 336 g/mol. The molecule has 0 saturated carbocycles. The third-order valence-electron chi connectivity index (χ3n) is 4.75. The van der Waals surface area contributed by atoms with Gasteiger partial charge in [0.2, 0.25) is 5.76 Å². The minimum atomic E-state index is -0.385. The van der Waals surface area contributed by atoms with Crippen molar-refractivity contribution in [2.24, 2.45) is 0 Å². The smallest absolute Gasteiger partial charge is 0.373 e. The van der Waals surface area contributed by atoms with Crippen LogP contribution in [0.25, 0.3) is 6.08 Å². The molecule has 0 saturated heterocycles. The van der Waals surface area contributed by atoms with E-state index in [-0.39, 0.29) is 11.7 Å². The molecule has 0 aromatic heterocycles. The molecule has 0 fully saturated rings. The van der Waals surface area contributed by atoms with E-state index in [0.29, 0.717) is 6.61 Å². The van der Waals surface area contributed by atoms with E-state index in [1.807, 2.05) is 30.3 Å². The summed E-state index contributed by atoms with van der Waals surface area (Å²) in [5, 5.41) is 0. The first-order chi connectivity index (χ1) is 13.3. The molecule has 0 aliphatic rings. The second-order valence-electron chi connectivity index (χ2n) is 7.15. The standard InChI is InChI=1S/C24H38O3/c1-3-4-5-6-7-8-9-10-11-12-13-17-20-27-24(25)23(26-2)21-22-18-15-14-16-19-22/h14-16,18-19,21H,3-13,17,20H2,1-2H3. The fourth-order valence-electron chi connectivity index (χ4n) is 3.08. The van der Waals surface area contributed by atoms with Crippen LogP contribution in [-0.2, 0) is 14.3 Å². The van der Waals surface area contributed by atoms with Crippen LogP contribution in [0, 0.1) is 0 Å². The SMILES string of the molecule is CCCCCCCCCCCCCCOC(=O)C(=Cc1ccccc1)OC. The zero-order valence-electron chi connectivity index (χ0n) is 17.4. The summed E-state index contributed by atoms with van der Waals surface area (Å²) < 4.78 is 10.5. The summed E-state index contributed by atoms with van der Waals surface area (Å²) in [6.45, 7) is 2.73. The minimum absolute atomic E-state index is 0.250. The Labute approximate surface area is 166 Å². The molecule has 0 unspecified atom stereocenters. The van der Waals surface area contributed by atoms with Crippen molar-refractivity contribution >= 4 is 12.0 Å². The lowest BCUT2D eigenvalue weighted by Gasteiger charge is -2.07. The number of unbranched alkanes of at least 4 members (excludes halogenated alkanes) is 11. The lowest BCUT2D eigenvalue weighted by molar-refractivity contribution is -0.142. The molecule has 3 nitrogen and oxygen atoms in total. The number of rotatable bonds is 16. The van der Waals surface area contributed by atoms with E-state index in [4.69, 9.17) is 9.47 Å². The topological polar surface area (TPSA) is 35.5 Å². The average Bonchev–Trinajstić information content (AvgIpc) is 2.70. The summed E-state index contributed by atoms with van der Waals surface area (Å²) in [7, 11) is 1.50. The molecule has 152 valence electrons. The van der Waals surface area contributed by atoms with Gasteiger partial charge >= 0.3 is 5.97 Å². The number of esters is 1. The van der Waals surface area contributed by atoms with Gasteiger partial charge in [-0.1, -0.05) is 108 Å². The van der Waals surface area contributed by atoms with Crippen LogP contribution in [0.4, 0.5) is 0 Å². The molecule has 1 aromatic carbocycles. The van der Waals surface area contributed by atoms with Crippen molar-refractivity contribution < 1.29 is 14.3 Å². The highest BCUT2D eigenvalue weighted by molar-refractivity contribution is 5.91. The molecule has 0 N–H and O–H groups in total. The summed E-state index contributed by atoms with van der Waals surface area (Å²) in [4.78, 5) is 12.1. The normalized spacial score (nSPS) is 11.4. The number of hydrogen-bond donors (Lipinski definition) is 0. The van der Waals surface area contributed by atoms with Crippen LogP contribution >= 0.6 is 0 Å². The summed E-state index contributed by atoms with van der Waals surface area (Å²) in [5.74, 6) is -0.135. The molecule has 0 bridgehead atoms. The van der Waals surface area contributed by atoms with Gasteiger partial charge in [0.05, 0.1) is 13.7 Å². The lowest BCUT2D eigenvalue weighted by Crippen LogP contribution is -2.10. The first-order valence-corrected chi connectivity index (χ1v) is 10.8. The third-order valence-corrected chi connectivity index (χ3v) is 4.75. The number of ether oxygens (including phenoxy) is 2. The maximum atomic E-state index is 12.1. The zero-order valence-corrected chi connectivity index (χ0v) is 17.4. The largest absolute Gasteiger partial charge is 0.490 e. The van der Waals surface area contributed by atoms with Crippen molar-refractivity contribution in [2.75, 3.05) is 13.7 Å². The number of carbonyl (C=O) groups is 1. The Kier molecular flexibility index (Phi) is 14.1. The van der Waals surface area contributed by atoms with Crippen LogP contribution in [0.1, 0.15) is 89.5 Å². The van der Waals surface area contributed by atoms with Gasteiger partial charge < -0.3 is 9.47 Å². The first-order valence-electron chi connectivity index (χ1n) is 10.8. The van der Waals surface area contributed by atoms with E-state index in [9.17, 15) is 4.79 Å². The summed E-state index contributed by atoms with van der Waals surface area (Å²) in [6.07, 6.45) is 17.3. The van der Waals surface area contributed by atoms with Gasteiger partial charge in [-0.3, -0.25) is 0 Å². The van der Waals surface area contributed by atoms with Crippen LogP contribution in [0.3, 0.4) is 0 Å². The lowest BCUT2D eigenvalue weighted by atomic mass is 10.1. The van der Waals surface area contributed by atoms with Gasteiger partial charge in [0.25, 0.3) is 0 Å². The summed E-state index contributed by atoms with van der Waals surface area (Å²) in [5.41, 5.74) is 0.927. The molecule has 0 aliphatic heterocycles. The maximum Gasteiger partial charge on any atom is 0.373 e. The summed E-state index contributed by atoms with van der Waals surface area (Å²) in [6, 6.07) is 9.65. The molecule has 1 aromatic rings. The van der Waals surface area contributed by atoms with Gasteiger partial charge in [-0.15, -0.1) is 0 Å². The van der Waals surface area contributed by atoms with Crippen molar-refractivity contribution in [3.63, 3.8) is 0 Å². The Bertz CT molecular complexity index is 508.